The number of hydrogen-bond donors (Lipinski definition) is 1. The Morgan fingerprint density at radius 2 is 1.64 bits per heavy atom. The standard InChI is InChI=1S/C35H43Cl2N3O4S/c1-25-16-19-31(21-26(25)2)40(45(3,43)44)20-10-15-34(41)39(24-28-17-18-29(36)23-32(28)37)33(22-27-11-6-4-7-12-27)35(42)38-30-13-8-5-9-14-30/h4,6-7,11-12,16-19,21,23,30,33H,5,8-10,13-15,20,22,24H2,1-3H3,(H,38,42). The lowest BCUT2D eigenvalue weighted by atomic mass is 9.94. The Hall–Kier alpha value is -3.07. The van der Waals surface area contributed by atoms with Crippen LogP contribution in [0.3, 0.4) is 0 Å². The molecule has 3 aromatic carbocycles. The van der Waals surface area contributed by atoms with Gasteiger partial charge in [-0.2, -0.15) is 0 Å². The van der Waals surface area contributed by atoms with Crippen LogP contribution < -0.4 is 9.62 Å². The monoisotopic (exact) mass is 671 g/mol. The Labute approximate surface area is 278 Å². The van der Waals surface area contributed by atoms with Gasteiger partial charge < -0.3 is 10.2 Å². The van der Waals surface area contributed by atoms with Gasteiger partial charge in [-0.25, -0.2) is 8.42 Å². The molecule has 1 unspecified atom stereocenters. The number of hydrogen-bond acceptors (Lipinski definition) is 4. The van der Waals surface area contributed by atoms with Gasteiger partial charge in [0, 0.05) is 42.0 Å². The van der Waals surface area contributed by atoms with Gasteiger partial charge in [0.25, 0.3) is 0 Å². The van der Waals surface area contributed by atoms with Crippen molar-refractivity contribution in [2.24, 2.45) is 0 Å². The van der Waals surface area contributed by atoms with E-state index in [0.717, 1.165) is 48.8 Å². The topological polar surface area (TPSA) is 86.8 Å². The largest absolute Gasteiger partial charge is 0.352 e. The number of halogens is 2. The highest BCUT2D eigenvalue weighted by atomic mass is 35.5. The number of amides is 2. The third-order valence-corrected chi connectivity index (χ3v) is 10.3. The van der Waals surface area contributed by atoms with Crippen molar-refractivity contribution in [3.63, 3.8) is 0 Å². The summed E-state index contributed by atoms with van der Waals surface area (Å²) in [6.45, 7) is 4.14. The summed E-state index contributed by atoms with van der Waals surface area (Å²) in [5.74, 6) is -0.452. The summed E-state index contributed by atoms with van der Waals surface area (Å²) in [7, 11) is -3.60. The summed E-state index contributed by atoms with van der Waals surface area (Å²) in [5, 5.41) is 4.12. The molecular formula is C35H43Cl2N3O4S. The van der Waals surface area contributed by atoms with Crippen LogP contribution in [0.15, 0.2) is 66.7 Å². The third-order valence-electron chi connectivity index (χ3n) is 8.51. The van der Waals surface area contributed by atoms with E-state index >= 15 is 0 Å². The molecule has 0 spiro atoms. The lowest BCUT2D eigenvalue weighted by Gasteiger charge is -2.34. The summed E-state index contributed by atoms with van der Waals surface area (Å²) in [4.78, 5) is 29.7. The summed E-state index contributed by atoms with van der Waals surface area (Å²) in [6.07, 6.45) is 6.94. The molecule has 0 heterocycles. The Morgan fingerprint density at radius 1 is 0.933 bits per heavy atom. The Bertz CT molecular complexity index is 1580. The van der Waals surface area contributed by atoms with E-state index in [-0.39, 0.29) is 43.8 Å². The predicted molar refractivity (Wildman–Crippen MR) is 183 cm³/mol. The minimum Gasteiger partial charge on any atom is -0.352 e. The smallest absolute Gasteiger partial charge is 0.243 e. The molecule has 0 radical (unpaired) electrons. The van der Waals surface area contributed by atoms with Gasteiger partial charge in [-0.15, -0.1) is 0 Å². The molecule has 2 amide bonds. The van der Waals surface area contributed by atoms with Crippen LogP contribution in [-0.4, -0.2) is 50.0 Å². The molecule has 3 aromatic rings. The van der Waals surface area contributed by atoms with E-state index < -0.39 is 16.1 Å². The van der Waals surface area contributed by atoms with E-state index in [1.165, 1.54) is 10.6 Å². The van der Waals surface area contributed by atoms with Gasteiger partial charge in [-0.1, -0.05) is 84.9 Å². The Balaban J connectivity index is 1.61. The van der Waals surface area contributed by atoms with Crippen molar-refractivity contribution < 1.29 is 18.0 Å². The Morgan fingerprint density at radius 3 is 2.29 bits per heavy atom. The van der Waals surface area contributed by atoms with Gasteiger partial charge in [0.05, 0.1) is 11.9 Å². The average molecular weight is 673 g/mol. The Kier molecular flexibility index (Phi) is 12.3. The molecule has 45 heavy (non-hydrogen) atoms. The van der Waals surface area contributed by atoms with Crippen molar-refractivity contribution in [1.82, 2.24) is 10.2 Å². The molecule has 1 saturated carbocycles. The minimum atomic E-state index is -3.60. The molecule has 4 rings (SSSR count). The average Bonchev–Trinajstić information content (AvgIpc) is 3.00. The molecule has 7 nitrogen and oxygen atoms in total. The summed E-state index contributed by atoms with van der Waals surface area (Å²) < 4.78 is 26.9. The van der Waals surface area contributed by atoms with Gasteiger partial charge in [0.1, 0.15) is 6.04 Å². The fourth-order valence-electron chi connectivity index (χ4n) is 5.82. The van der Waals surface area contributed by atoms with Gasteiger partial charge in [-0.3, -0.25) is 13.9 Å². The first-order valence-electron chi connectivity index (χ1n) is 15.5. The van der Waals surface area contributed by atoms with Crippen LogP contribution in [0.1, 0.15) is 67.2 Å². The maximum absolute atomic E-state index is 14.1. The van der Waals surface area contributed by atoms with Gasteiger partial charge in [0.2, 0.25) is 21.8 Å². The number of sulfonamides is 1. The minimum absolute atomic E-state index is 0.0457. The molecule has 10 heteroatoms. The van der Waals surface area contributed by atoms with E-state index in [2.05, 4.69) is 5.32 Å². The van der Waals surface area contributed by atoms with Crippen LogP contribution in [-0.2, 0) is 32.6 Å². The second-order valence-corrected chi connectivity index (χ2v) is 14.8. The fraction of sp³-hybridized carbons (Fsp3) is 0.429. The van der Waals surface area contributed by atoms with Crippen molar-refractivity contribution in [1.29, 1.82) is 0 Å². The zero-order chi connectivity index (χ0) is 32.6. The number of carbonyl (C=O) groups excluding carboxylic acids is 2. The number of nitrogens with one attached hydrogen (secondary N) is 1. The van der Waals surface area contributed by atoms with Gasteiger partial charge in [0.15, 0.2) is 0 Å². The van der Waals surface area contributed by atoms with E-state index in [1.807, 2.05) is 56.3 Å². The second kappa shape index (κ2) is 16.0. The van der Waals surface area contributed by atoms with Crippen molar-refractivity contribution in [3.8, 4) is 0 Å². The van der Waals surface area contributed by atoms with E-state index in [9.17, 15) is 18.0 Å². The highest BCUT2D eigenvalue weighted by Crippen LogP contribution is 2.26. The summed E-state index contributed by atoms with van der Waals surface area (Å²) in [6, 6.07) is 19.6. The molecule has 242 valence electrons. The third kappa shape index (κ3) is 9.96. The van der Waals surface area contributed by atoms with Crippen LogP contribution in [0.5, 0.6) is 0 Å². The number of benzene rings is 3. The number of rotatable bonds is 13. The first-order valence-corrected chi connectivity index (χ1v) is 18.2. The highest BCUT2D eigenvalue weighted by molar-refractivity contribution is 7.92. The highest BCUT2D eigenvalue weighted by Gasteiger charge is 2.32. The van der Waals surface area contributed by atoms with Crippen molar-refractivity contribution in [2.45, 2.75) is 83.8 Å². The van der Waals surface area contributed by atoms with Gasteiger partial charge in [-0.05, 0) is 79.6 Å². The fourth-order valence-corrected chi connectivity index (χ4v) is 7.24. The quantitative estimate of drug-likeness (QED) is 0.207. The predicted octanol–water partition coefficient (Wildman–Crippen LogP) is 7.25. The molecule has 1 fully saturated rings. The molecule has 0 aromatic heterocycles. The first kappa shape index (κ1) is 34.8. The van der Waals surface area contributed by atoms with Crippen molar-refractivity contribution in [3.05, 3.63) is 99.0 Å². The van der Waals surface area contributed by atoms with Crippen LogP contribution >= 0.6 is 23.2 Å². The first-order chi connectivity index (χ1) is 21.4. The van der Waals surface area contributed by atoms with Crippen LogP contribution in [0, 0.1) is 13.8 Å². The molecule has 1 aliphatic carbocycles. The summed E-state index contributed by atoms with van der Waals surface area (Å²) >= 11 is 12.7. The maximum atomic E-state index is 14.1. The SMILES string of the molecule is Cc1ccc(N(CCCC(=O)N(Cc2ccc(Cl)cc2Cl)C(Cc2ccccc2)C(=O)NC2CCCCC2)S(C)(=O)=O)cc1C. The molecule has 0 bridgehead atoms. The van der Waals surface area contributed by atoms with E-state index in [1.54, 1.807) is 29.2 Å². The summed E-state index contributed by atoms with van der Waals surface area (Å²) in [5.41, 5.74) is 4.21. The number of nitrogens with zero attached hydrogens (tertiary/aromatic N) is 2. The van der Waals surface area contributed by atoms with Crippen LogP contribution in [0.2, 0.25) is 10.0 Å². The van der Waals surface area contributed by atoms with Crippen LogP contribution in [0.25, 0.3) is 0 Å². The number of carbonyl (C=O) groups is 2. The molecule has 0 saturated heterocycles. The van der Waals surface area contributed by atoms with Crippen molar-refractivity contribution >= 4 is 50.7 Å². The number of aryl methyl sites for hydroxylation is 2. The van der Waals surface area contributed by atoms with E-state index in [4.69, 9.17) is 23.2 Å². The van der Waals surface area contributed by atoms with Crippen LogP contribution in [0.4, 0.5) is 5.69 Å². The molecule has 0 aliphatic heterocycles. The van der Waals surface area contributed by atoms with Gasteiger partial charge >= 0.3 is 0 Å². The zero-order valence-corrected chi connectivity index (χ0v) is 28.6. The van der Waals surface area contributed by atoms with Crippen molar-refractivity contribution in [2.75, 3.05) is 17.1 Å². The molecule has 1 aliphatic rings. The maximum Gasteiger partial charge on any atom is 0.243 e. The molecule has 1 atom stereocenters. The number of anilines is 1. The molecular weight excluding hydrogens is 629 g/mol. The second-order valence-electron chi connectivity index (χ2n) is 12.0. The molecule has 1 N–H and O–H groups in total. The zero-order valence-electron chi connectivity index (χ0n) is 26.3. The normalized spacial score (nSPS) is 14.5. The lowest BCUT2D eigenvalue weighted by molar-refractivity contribution is -0.141. The van der Waals surface area contributed by atoms with E-state index in [0.29, 0.717) is 27.7 Å². The lowest BCUT2D eigenvalue weighted by Crippen LogP contribution is -2.53.